The molecule has 10 heteroatoms. The highest BCUT2D eigenvalue weighted by Crippen LogP contribution is 2.42. The molecule has 0 radical (unpaired) electrons. The number of aromatic nitrogens is 2. The van der Waals surface area contributed by atoms with E-state index in [2.05, 4.69) is 5.10 Å². The summed E-state index contributed by atoms with van der Waals surface area (Å²) in [4.78, 5) is -0.00270. The first-order valence-corrected chi connectivity index (χ1v) is 10.0. The maximum absolute atomic E-state index is 13.8. The molecule has 1 aromatic heterocycles. The van der Waals surface area contributed by atoms with Gasteiger partial charge in [0.25, 0.3) is 0 Å². The molecule has 1 heterocycles. The van der Waals surface area contributed by atoms with Crippen LogP contribution in [0.1, 0.15) is 5.69 Å². The smallest absolute Gasteiger partial charge is 0.245 e. The Hall–Kier alpha value is -3.19. The standard InChI is InChI=1S/C19H13F4N3O2S/c1-29(27,28)15-8-4-13(5-9-15)17-16(12-2-6-14(20)7-3-12)18(19(21,22)23)26(25-17)11-10-24/h2-9H,11H2,1H3. The van der Waals surface area contributed by atoms with Crippen LogP contribution in [0.4, 0.5) is 17.6 Å². The number of sulfone groups is 1. The molecule has 3 rings (SSSR count). The lowest BCUT2D eigenvalue weighted by atomic mass is 9.98. The zero-order valence-electron chi connectivity index (χ0n) is 14.9. The van der Waals surface area contributed by atoms with Crippen LogP contribution in [0.2, 0.25) is 0 Å². The summed E-state index contributed by atoms with van der Waals surface area (Å²) < 4.78 is 78.6. The fraction of sp³-hybridized carbons (Fsp3) is 0.158. The molecule has 0 bridgehead atoms. The van der Waals surface area contributed by atoms with Gasteiger partial charge in [-0.3, -0.25) is 0 Å². The van der Waals surface area contributed by atoms with Gasteiger partial charge in [-0.2, -0.15) is 23.5 Å². The molecule has 0 fully saturated rings. The van der Waals surface area contributed by atoms with E-state index in [4.69, 9.17) is 5.26 Å². The number of nitrogens with zero attached hydrogens (tertiary/aromatic N) is 3. The fourth-order valence-electron chi connectivity index (χ4n) is 2.88. The lowest BCUT2D eigenvalue weighted by Gasteiger charge is -2.11. The Kier molecular flexibility index (Phi) is 5.19. The first kappa shape index (κ1) is 20.5. The molecule has 2 aromatic carbocycles. The first-order valence-electron chi connectivity index (χ1n) is 8.13. The molecule has 0 atom stereocenters. The van der Waals surface area contributed by atoms with Crippen molar-refractivity contribution in [2.75, 3.05) is 6.26 Å². The van der Waals surface area contributed by atoms with Gasteiger partial charge in [0.1, 0.15) is 18.1 Å². The van der Waals surface area contributed by atoms with Crippen LogP contribution in [0.5, 0.6) is 0 Å². The van der Waals surface area contributed by atoms with Gasteiger partial charge >= 0.3 is 6.18 Å². The Bertz CT molecular complexity index is 1190. The number of nitriles is 1. The summed E-state index contributed by atoms with van der Waals surface area (Å²) in [5.41, 5.74) is -1.28. The second kappa shape index (κ2) is 7.33. The van der Waals surface area contributed by atoms with Crippen molar-refractivity contribution >= 4 is 9.84 Å². The molecule has 29 heavy (non-hydrogen) atoms. The third kappa shape index (κ3) is 4.14. The van der Waals surface area contributed by atoms with Crippen molar-refractivity contribution in [1.82, 2.24) is 9.78 Å². The van der Waals surface area contributed by atoms with Crippen molar-refractivity contribution in [2.24, 2.45) is 0 Å². The molecule has 0 saturated heterocycles. The molecule has 3 aromatic rings. The number of benzene rings is 2. The van der Waals surface area contributed by atoms with E-state index in [1.165, 1.54) is 36.4 Å². The molecule has 0 spiro atoms. The van der Waals surface area contributed by atoms with E-state index >= 15 is 0 Å². The fourth-order valence-corrected chi connectivity index (χ4v) is 3.51. The summed E-state index contributed by atoms with van der Waals surface area (Å²) in [6, 6.07) is 11.2. The van der Waals surface area contributed by atoms with Gasteiger partial charge in [-0.1, -0.05) is 24.3 Å². The number of hydrogen-bond acceptors (Lipinski definition) is 4. The topological polar surface area (TPSA) is 75.8 Å². The monoisotopic (exact) mass is 423 g/mol. The van der Waals surface area contributed by atoms with Crippen LogP contribution < -0.4 is 0 Å². The summed E-state index contributed by atoms with van der Waals surface area (Å²) in [5, 5.41) is 12.9. The quantitative estimate of drug-likeness (QED) is 0.587. The first-order chi connectivity index (χ1) is 13.5. The summed E-state index contributed by atoms with van der Waals surface area (Å²) in [6.07, 6.45) is -3.83. The van der Waals surface area contributed by atoms with Crippen molar-refractivity contribution in [3.63, 3.8) is 0 Å². The second-order valence-electron chi connectivity index (χ2n) is 6.19. The van der Waals surface area contributed by atoms with E-state index in [0.29, 0.717) is 4.68 Å². The lowest BCUT2D eigenvalue weighted by Crippen LogP contribution is -2.15. The van der Waals surface area contributed by atoms with Crippen molar-refractivity contribution in [3.05, 3.63) is 60.0 Å². The maximum Gasteiger partial charge on any atom is 0.433 e. The van der Waals surface area contributed by atoms with E-state index in [1.54, 1.807) is 6.07 Å². The highest BCUT2D eigenvalue weighted by molar-refractivity contribution is 7.90. The molecule has 0 aliphatic rings. The Morgan fingerprint density at radius 1 is 1.03 bits per heavy atom. The SMILES string of the molecule is CS(=O)(=O)c1ccc(-c2nn(CC#N)c(C(F)(F)F)c2-c2ccc(F)cc2)cc1. The van der Waals surface area contributed by atoms with E-state index in [0.717, 1.165) is 18.4 Å². The number of rotatable bonds is 4. The third-order valence-electron chi connectivity index (χ3n) is 4.13. The van der Waals surface area contributed by atoms with Crippen molar-refractivity contribution < 1.29 is 26.0 Å². The van der Waals surface area contributed by atoms with Crippen molar-refractivity contribution in [2.45, 2.75) is 17.6 Å². The predicted octanol–water partition coefficient (Wildman–Crippen LogP) is 4.30. The molecule has 0 unspecified atom stereocenters. The summed E-state index contributed by atoms with van der Waals surface area (Å²) >= 11 is 0. The molecule has 0 N–H and O–H groups in total. The minimum absolute atomic E-state index is 0.00270. The average molecular weight is 423 g/mol. The van der Waals surface area contributed by atoms with Crippen LogP contribution in [-0.4, -0.2) is 24.5 Å². The van der Waals surface area contributed by atoms with Crippen LogP contribution in [0.25, 0.3) is 22.4 Å². The molecule has 0 saturated carbocycles. The highest BCUT2D eigenvalue weighted by atomic mass is 32.2. The van der Waals surface area contributed by atoms with Gasteiger partial charge in [0.2, 0.25) is 0 Å². The average Bonchev–Trinajstić information content (AvgIpc) is 3.02. The number of halogens is 4. The molecule has 150 valence electrons. The van der Waals surface area contributed by atoms with Gasteiger partial charge in [-0.15, -0.1) is 0 Å². The van der Waals surface area contributed by atoms with Crippen LogP contribution in [0.15, 0.2) is 53.4 Å². The minimum atomic E-state index is -4.83. The third-order valence-corrected chi connectivity index (χ3v) is 5.26. The van der Waals surface area contributed by atoms with Crippen molar-refractivity contribution in [1.29, 1.82) is 5.26 Å². The van der Waals surface area contributed by atoms with E-state index in [9.17, 15) is 26.0 Å². The summed E-state index contributed by atoms with van der Waals surface area (Å²) in [5.74, 6) is -0.620. The molecular formula is C19H13F4N3O2S. The molecule has 0 aliphatic carbocycles. The number of alkyl halides is 3. The van der Waals surface area contributed by atoms with Crippen LogP contribution in [0.3, 0.4) is 0 Å². The highest BCUT2D eigenvalue weighted by Gasteiger charge is 2.40. The Morgan fingerprint density at radius 3 is 2.07 bits per heavy atom. The second-order valence-corrected chi connectivity index (χ2v) is 8.20. The predicted molar refractivity (Wildman–Crippen MR) is 96.8 cm³/mol. The van der Waals surface area contributed by atoms with Gasteiger partial charge < -0.3 is 0 Å². The van der Waals surface area contributed by atoms with E-state index < -0.39 is 34.1 Å². The normalized spacial score (nSPS) is 12.0. The summed E-state index contributed by atoms with van der Waals surface area (Å²) in [6.45, 7) is -0.648. The van der Waals surface area contributed by atoms with Gasteiger partial charge in [0, 0.05) is 17.4 Å². The van der Waals surface area contributed by atoms with Gasteiger partial charge in [0.05, 0.1) is 11.0 Å². The zero-order chi connectivity index (χ0) is 21.4. The van der Waals surface area contributed by atoms with E-state index in [-0.39, 0.29) is 27.3 Å². The lowest BCUT2D eigenvalue weighted by molar-refractivity contribution is -0.143. The van der Waals surface area contributed by atoms with Gasteiger partial charge in [-0.05, 0) is 29.8 Å². The Morgan fingerprint density at radius 2 is 1.59 bits per heavy atom. The van der Waals surface area contributed by atoms with E-state index in [1.807, 2.05) is 0 Å². The molecular weight excluding hydrogens is 410 g/mol. The molecule has 0 aliphatic heterocycles. The van der Waals surface area contributed by atoms with Crippen LogP contribution in [-0.2, 0) is 22.6 Å². The molecule has 0 amide bonds. The van der Waals surface area contributed by atoms with Crippen LogP contribution in [0, 0.1) is 17.1 Å². The Labute approximate surface area is 163 Å². The van der Waals surface area contributed by atoms with Crippen LogP contribution >= 0.6 is 0 Å². The zero-order valence-corrected chi connectivity index (χ0v) is 15.7. The maximum atomic E-state index is 13.8. The minimum Gasteiger partial charge on any atom is -0.245 e. The van der Waals surface area contributed by atoms with Gasteiger partial charge in [-0.25, -0.2) is 17.5 Å². The number of hydrogen-bond donors (Lipinski definition) is 0. The van der Waals surface area contributed by atoms with Crippen molar-refractivity contribution in [3.8, 4) is 28.5 Å². The Balaban J connectivity index is 2.31. The molecule has 5 nitrogen and oxygen atoms in total. The van der Waals surface area contributed by atoms with Gasteiger partial charge in [0.15, 0.2) is 15.5 Å². The largest absolute Gasteiger partial charge is 0.433 e. The summed E-state index contributed by atoms with van der Waals surface area (Å²) in [7, 11) is -3.49.